The lowest BCUT2D eigenvalue weighted by Crippen LogP contribution is -2.58. The highest BCUT2D eigenvalue weighted by Crippen LogP contribution is 2.32. The number of nitrogens with one attached hydrogen (secondary N) is 3. The Morgan fingerprint density at radius 1 is 1.36 bits per heavy atom. The normalized spacial score (nSPS) is 42.9. The molecule has 22 heavy (non-hydrogen) atoms. The summed E-state index contributed by atoms with van der Waals surface area (Å²) in [5.74, 6) is 0.280. The summed E-state index contributed by atoms with van der Waals surface area (Å²) in [5, 5.41) is 8.89. The first-order valence-corrected chi connectivity index (χ1v) is 9.32. The summed E-state index contributed by atoms with van der Waals surface area (Å²) < 4.78 is 13.6. The van der Waals surface area contributed by atoms with Gasteiger partial charge in [-0.05, 0) is 25.7 Å². The van der Waals surface area contributed by atoms with Crippen molar-refractivity contribution in [3.8, 4) is 0 Å². The van der Waals surface area contributed by atoms with Gasteiger partial charge in [-0.2, -0.15) is 0 Å². The molecule has 3 fully saturated rings. The smallest absolute Gasteiger partial charge is 0.224 e. The molecule has 2 aliphatic heterocycles. The van der Waals surface area contributed by atoms with Crippen molar-refractivity contribution < 1.29 is 9.18 Å². The van der Waals surface area contributed by atoms with E-state index in [9.17, 15) is 9.18 Å². The second kappa shape index (κ2) is 7.11. The largest absolute Gasteiger partial charge is 0.352 e. The molecule has 5 nitrogen and oxygen atoms in total. The summed E-state index contributed by atoms with van der Waals surface area (Å²) in [6, 6.07) is 0.145. The van der Waals surface area contributed by atoms with Crippen LogP contribution in [0.1, 0.15) is 32.6 Å². The zero-order valence-electron chi connectivity index (χ0n) is 13.0. The van der Waals surface area contributed by atoms with Crippen molar-refractivity contribution in [2.75, 3.05) is 19.6 Å². The van der Waals surface area contributed by atoms with Crippen LogP contribution in [-0.2, 0) is 4.79 Å². The number of fused-ring (bicyclic) bond motifs is 1. The second-order valence-corrected chi connectivity index (χ2v) is 7.91. The summed E-state index contributed by atoms with van der Waals surface area (Å²) in [5.41, 5.74) is 3.40. The van der Waals surface area contributed by atoms with Gasteiger partial charge in [0, 0.05) is 36.4 Å². The van der Waals surface area contributed by atoms with E-state index in [1.807, 2.05) is 0 Å². The van der Waals surface area contributed by atoms with Crippen LogP contribution in [-0.4, -0.2) is 53.8 Å². The number of hydrogen-bond donors (Lipinski definition) is 3. The highest BCUT2D eigenvalue weighted by molar-refractivity contribution is 9.09. The molecule has 0 aromatic heterocycles. The Balaban J connectivity index is 1.52. The number of carbonyl (C=O) groups is 1. The fourth-order valence-electron chi connectivity index (χ4n) is 3.98. The van der Waals surface area contributed by atoms with E-state index in [1.165, 1.54) is 0 Å². The zero-order chi connectivity index (χ0) is 15.7. The molecular weight excluding hydrogens is 351 g/mol. The Kier molecular flexibility index (Phi) is 5.37. The SMILES string of the molecule is CCN1NCC2CC(NC(=O)C3CC(F)CCC3Br)CNC21. The van der Waals surface area contributed by atoms with Gasteiger partial charge in [0.05, 0.1) is 12.1 Å². The van der Waals surface area contributed by atoms with Crippen LogP contribution in [0.2, 0.25) is 0 Å². The monoisotopic (exact) mass is 376 g/mol. The molecular formula is C15H26BrFN4O. The molecule has 0 aromatic carbocycles. The Morgan fingerprint density at radius 2 is 2.18 bits per heavy atom. The summed E-state index contributed by atoms with van der Waals surface area (Å²) in [7, 11) is 0. The van der Waals surface area contributed by atoms with Crippen LogP contribution in [0.25, 0.3) is 0 Å². The van der Waals surface area contributed by atoms with Crippen molar-refractivity contribution in [1.82, 2.24) is 21.1 Å². The van der Waals surface area contributed by atoms with E-state index in [2.05, 4.69) is 43.9 Å². The number of nitrogens with zero attached hydrogens (tertiary/aromatic N) is 1. The minimum absolute atomic E-state index is 0.00720. The number of piperidine rings is 1. The van der Waals surface area contributed by atoms with E-state index in [0.717, 1.165) is 32.5 Å². The number of carbonyl (C=O) groups excluding carboxylic acids is 1. The van der Waals surface area contributed by atoms with E-state index in [-0.39, 0.29) is 22.7 Å². The Morgan fingerprint density at radius 3 is 2.95 bits per heavy atom. The molecule has 1 saturated carbocycles. The van der Waals surface area contributed by atoms with Crippen LogP contribution in [0, 0.1) is 11.8 Å². The van der Waals surface area contributed by atoms with Gasteiger partial charge in [-0.3, -0.25) is 15.5 Å². The Bertz CT molecular complexity index is 413. The Labute approximate surface area is 139 Å². The predicted octanol–water partition coefficient (Wildman–Crippen LogP) is 1.15. The number of hydrogen-bond acceptors (Lipinski definition) is 4. The summed E-state index contributed by atoms with van der Waals surface area (Å²) in [6.07, 6.45) is 2.16. The minimum Gasteiger partial charge on any atom is -0.352 e. The highest BCUT2D eigenvalue weighted by Gasteiger charge is 2.40. The first-order chi connectivity index (χ1) is 10.6. The molecule has 126 valence electrons. The van der Waals surface area contributed by atoms with E-state index in [1.54, 1.807) is 0 Å². The fraction of sp³-hybridized carbons (Fsp3) is 0.933. The van der Waals surface area contributed by atoms with E-state index in [0.29, 0.717) is 24.9 Å². The van der Waals surface area contributed by atoms with Gasteiger partial charge in [0.1, 0.15) is 6.17 Å². The molecule has 2 saturated heterocycles. The van der Waals surface area contributed by atoms with Crippen LogP contribution < -0.4 is 16.1 Å². The second-order valence-electron chi connectivity index (χ2n) is 6.74. The Hall–Kier alpha value is -0.240. The number of amides is 1. The summed E-state index contributed by atoms with van der Waals surface area (Å²) in [4.78, 5) is 12.6. The summed E-state index contributed by atoms with van der Waals surface area (Å²) in [6.45, 7) is 4.84. The lowest BCUT2D eigenvalue weighted by atomic mass is 9.86. The van der Waals surface area contributed by atoms with Gasteiger partial charge < -0.3 is 5.32 Å². The molecule has 7 heteroatoms. The van der Waals surface area contributed by atoms with Gasteiger partial charge in [-0.15, -0.1) is 0 Å². The topological polar surface area (TPSA) is 56.4 Å². The average molecular weight is 377 g/mol. The molecule has 3 rings (SSSR count). The van der Waals surface area contributed by atoms with Crippen LogP contribution in [0.4, 0.5) is 4.39 Å². The molecule has 1 amide bonds. The lowest BCUT2D eigenvalue weighted by Gasteiger charge is -2.37. The third-order valence-electron chi connectivity index (χ3n) is 5.23. The third-order valence-corrected chi connectivity index (χ3v) is 6.32. The summed E-state index contributed by atoms with van der Waals surface area (Å²) >= 11 is 3.55. The molecule has 1 aliphatic carbocycles. The maximum absolute atomic E-state index is 13.6. The maximum atomic E-state index is 13.6. The van der Waals surface area contributed by atoms with Gasteiger partial charge in [0.15, 0.2) is 0 Å². The molecule has 3 N–H and O–H groups in total. The standard InChI is InChI=1S/C15H26BrFN4O/c1-2-21-14-9(7-19-21)5-11(8-18-14)20-15(22)12-6-10(17)3-4-13(12)16/h9-14,18-19H,2-8H2,1H3,(H,20,22). The molecule has 2 heterocycles. The zero-order valence-corrected chi connectivity index (χ0v) is 14.6. The van der Waals surface area contributed by atoms with E-state index < -0.39 is 6.17 Å². The number of rotatable bonds is 3. The van der Waals surface area contributed by atoms with E-state index in [4.69, 9.17) is 0 Å². The molecule has 0 bridgehead atoms. The fourth-order valence-corrected chi connectivity index (χ4v) is 4.70. The lowest BCUT2D eigenvalue weighted by molar-refractivity contribution is -0.127. The van der Waals surface area contributed by atoms with Crippen LogP contribution in [0.3, 0.4) is 0 Å². The first-order valence-electron chi connectivity index (χ1n) is 8.40. The number of hydrazine groups is 1. The molecule has 6 atom stereocenters. The molecule has 6 unspecified atom stereocenters. The minimum atomic E-state index is -0.837. The van der Waals surface area contributed by atoms with Crippen LogP contribution in [0.15, 0.2) is 0 Å². The third kappa shape index (κ3) is 3.47. The van der Waals surface area contributed by atoms with Crippen molar-refractivity contribution in [2.45, 2.75) is 55.8 Å². The van der Waals surface area contributed by atoms with Crippen molar-refractivity contribution in [2.24, 2.45) is 11.8 Å². The van der Waals surface area contributed by atoms with Crippen LogP contribution in [0.5, 0.6) is 0 Å². The van der Waals surface area contributed by atoms with Crippen molar-refractivity contribution in [3.05, 3.63) is 0 Å². The van der Waals surface area contributed by atoms with Gasteiger partial charge in [0.2, 0.25) is 5.91 Å². The van der Waals surface area contributed by atoms with Crippen molar-refractivity contribution in [1.29, 1.82) is 0 Å². The van der Waals surface area contributed by atoms with Crippen molar-refractivity contribution >= 4 is 21.8 Å². The predicted molar refractivity (Wildman–Crippen MR) is 87.2 cm³/mol. The van der Waals surface area contributed by atoms with Crippen LogP contribution >= 0.6 is 15.9 Å². The number of halogens is 2. The molecule has 0 radical (unpaired) electrons. The molecule has 3 aliphatic rings. The highest BCUT2D eigenvalue weighted by atomic mass is 79.9. The first kappa shape index (κ1) is 16.6. The van der Waals surface area contributed by atoms with Gasteiger partial charge in [-0.25, -0.2) is 9.40 Å². The molecule has 0 aromatic rings. The van der Waals surface area contributed by atoms with E-state index >= 15 is 0 Å². The molecule has 0 spiro atoms. The maximum Gasteiger partial charge on any atom is 0.224 e. The number of alkyl halides is 2. The van der Waals surface area contributed by atoms with Crippen molar-refractivity contribution in [3.63, 3.8) is 0 Å². The quantitative estimate of drug-likeness (QED) is 0.646. The van der Waals surface area contributed by atoms with Gasteiger partial charge >= 0.3 is 0 Å². The van der Waals surface area contributed by atoms with Gasteiger partial charge in [-0.1, -0.05) is 22.9 Å². The average Bonchev–Trinajstić information content (AvgIpc) is 2.91. The van der Waals surface area contributed by atoms with Gasteiger partial charge in [0.25, 0.3) is 0 Å².